The van der Waals surface area contributed by atoms with E-state index in [9.17, 15) is 9.59 Å². The molecule has 0 aliphatic carbocycles. The molecule has 2 heterocycles. The molecule has 2 aromatic carbocycles. The second-order valence-electron chi connectivity index (χ2n) is 5.83. The van der Waals surface area contributed by atoms with Gasteiger partial charge in [-0.05, 0) is 36.4 Å². The van der Waals surface area contributed by atoms with Gasteiger partial charge in [-0.25, -0.2) is 4.79 Å². The minimum Gasteiger partial charge on any atom is -0.465 e. The fourth-order valence-corrected chi connectivity index (χ4v) is 2.90. The quantitative estimate of drug-likeness (QED) is 0.570. The van der Waals surface area contributed by atoms with E-state index >= 15 is 0 Å². The molecule has 0 saturated heterocycles. The lowest BCUT2D eigenvalue weighted by molar-refractivity contribution is -0.110. The zero-order chi connectivity index (χ0) is 18.1. The number of nitrogens with one attached hydrogen (secondary N) is 1. The molecule has 5 heteroatoms. The predicted molar refractivity (Wildman–Crippen MR) is 98.4 cm³/mol. The Morgan fingerprint density at radius 1 is 1.04 bits per heavy atom. The summed E-state index contributed by atoms with van der Waals surface area (Å²) in [5, 5.41) is 2.84. The zero-order valence-electron chi connectivity index (χ0n) is 14.0. The number of fused-ring (bicyclic) bond motifs is 1. The smallest absolute Gasteiger partial charge is 0.337 e. The van der Waals surface area contributed by atoms with Crippen LogP contribution in [0.2, 0.25) is 0 Å². The Bertz CT molecular complexity index is 1030. The second kappa shape index (κ2) is 6.37. The fraction of sp³-hybridized carbons (Fsp3) is 0.0476. The molecule has 0 fully saturated rings. The third-order valence-corrected chi connectivity index (χ3v) is 4.21. The topological polar surface area (TPSA) is 68.5 Å². The molecule has 1 N–H and O–H groups in total. The highest BCUT2D eigenvalue weighted by Gasteiger charge is 2.23. The van der Waals surface area contributed by atoms with Crippen molar-refractivity contribution in [1.29, 1.82) is 0 Å². The average Bonchev–Trinajstić information content (AvgIpc) is 3.26. The second-order valence-corrected chi connectivity index (χ2v) is 5.83. The Hall–Kier alpha value is -3.60. The van der Waals surface area contributed by atoms with Crippen molar-refractivity contribution < 1.29 is 18.7 Å². The minimum absolute atomic E-state index is 0.147. The lowest BCUT2D eigenvalue weighted by atomic mass is 10.1. The van der Waals surface area contributed by atoms with Crippen molar-refractivity contribution in [3.63, 3.8) is 0 Å². The van der Waals surface area contributed by atoms with Gasteiger partial charge in [0, 0.05) is 16.8 Å². The van der Waals surface area contributed by atoms with Gasteiger partial charge in [0.05, 0.1) is 18.2 Å². The minimum atomic E-state index is -0.382. The normalized spacial score (nSPS) is 14.2. The maximum absolute atomic E-state index is 12.2. The first-order valence-electron chi connectivity index (χ1n) is 8.07. The van der Waals surface area contributed by atoms with Crippen molar-refractivity contribution in [2.45, 2.75) is 0 Å². The molecule has 0 bridgehead atoms. The van der Waals surface area contributed by atoms with Crippen molar-refractivity contribution in [1.82, 2.24) is 0 Å². The third kappa shape index (κ3) is 2.80. The van der Waals surface area contributed by atoms with Gasteiger partial charge in [0.2, 0.25) is 0 Å². The number of amides is 1. The summed E-state index contributed by atoms with van der Waals surface area (Å²) in [6.45, 7) is 0. The highest BCUT2D eigenvalue weighted by Crippen LogP contribution is 2.33. The van der Waals surface area contributed by atoms with Gasteiger partial charge in [-0.1, -0.05) is 30.3 Å². The van der Waals surface area contributed by atoms with E-state index in [0.717, 1.165) is 16.8 Å². The van der Waals surface area contributed by atoms with Crippen LogP contribution in [0, 0.1) is 0 Å². The Labute approximate surface area is 149 Å². The number of anilines is 1. The average molecular weight is 345 g/mol. The van der Waals surface area contributed by atoms with Crippen molar-refractivity contribution >= 4 is 29.2 Å². The number of ether oxygens (including phenoxy) is 1. The monoisotopic (exact) mass is 345 g/mol. The number of para-hydroxylation sites is 1. The molecule has 128 valence electrons. The summed E-state index contributed by atoms with van der Waals surface area (Å²) in [6.07, 6.45) is 1.73. The zero-order valence-corrected chi connectivity index (χ0v) is 14.0. The number of benzene rings is 2. The molecule has 0 radical (unpaired) electrons. The highest BCUT2D eigenvalue weighted by molar-refractivity contribution is 6.34. The van der Waals surface area contributed by atoms with Crippen LogP contribution < -0.4 is 5.32 Å². The first-order chi connectivity index (χ1) is 12.7. The largest absolute Gasteiger partial charge is 0.465 e. The number of carbonyl (C=O) groups excluding carboxylic acids is 2. The van der Waals surface area contributed by atoms with Crippen LogP contribution >= 0.6 is 0 Å². The molecule has 5 nitrogen and oxygen atoms in total. The summed E-state index contributed by atoms with van der Waals surface area (Å²) in [6, 6.07) is 18.1. The lowest BCUT2D eigenvalue weighted by Gasteiger charge is -2.01. The van der Waals surface area contributed by atoms with E-state index in [0.29, 0.717) is 22.7 Å². The van der Waals surface area contributed by atoms with Gasteiger partial charge in [-0.15, -0.1) is 0 Å². The Kier molecular flexibility index (Phi) is 3.89. The van der Waals surface area contributed by atoms with E-state index in [2.05, 4.69) is 5.32 Å². The molecule has 1 aromatic heterocycles. The number of carbonyl (C=O) groups is 2. The number of furan rings is 1. The SMILES string of the molecule is COC(=O)c1ccc(-c2ccc(/C=C3\C(=O)Nc4ccccc43)o2)cc1. The highest BCUT2D eigenvalue weighted by atomic mass is 16.5. The van der Waals surface area contributed by atoms with Crippen LogP contribution in [0.3, 0.4) is 0 Å². The van der Waals surface area contributed by atoms with E-state index < -0.39 is 0 Å². The van der Waals surface area contributed by atoms with Crippen LogP contribution in [-0.4, -0.2) is 19.0 Å². The van der Waals surface area contributed by atoms with E-state index in [4.69, 9.17) is 9.15 Å². The van der Waals surface area contributed by atoms with Gasteiger partial charge in [0.1, 0.15) is 11.5 Å². The Morgan fingerprint density at radius 2 is 1.81 bits per heavy atom. The third-order valence-electron chi connectivity index (χ3n) is 4.21. The summed E-state index contributed by atoms with van der Waals surface area (Å²) in [5.74, 6) is 0.706. The van der Waals surface area contributed by atoms with E-state index in [1.165, 1.54) is 7.11 Å². The van der Waals surface area contributed by atoms with Crippen LogP contribution in [0.1, 0.15) is 21.7 Å². The lowest BCUT2D eigenvalue weighted by Crippen LogP contribution is -2.03. The summed E-state index contributed by atoms with van der Waals surface area (Å²) in [4.78, 5) is 23.7. The van der Waals surface area contributed by atoms with Crippen molar-refractivity contribution in [3.8, 4) is 11.3 Å². The summed E-state index contributed by atoms with van der Waals surface area (Å²) < 4.78 is 10.5. The van der Waals surface area contributed by atoms with Crippen LogP contribution in [0.5, 0.6) is 0 Å². The summed E-state index contributed by atoms with van der Waals surface area (Å²) in [7, 11) is 1.35. The van der Waals surface area contributed by atoms with E-state index in [-0.39, 0.29) is 11.9 Å². The van der Waals surface area contributed by atoms with Gasteiger partial charge in [0.25, 0.3) is 5.91 Å². The number of esters is 1. The number of hydrogen-bond acceptors (Lipinski definition) is 4. The maximum atomic E-state index is 12.2. The molecule has 4 rings (SSSR count). The molecule has 1 aliphatic rings. The summed E-state index contributed by atoms with van der Waals surface area (Å²) in [5.41, 5.74) is 3.54. The molecule has 1 aliphatic heterocycles. The molecule has 0 saturated carbocycles. The molecular weight excluding hydrogens is 330 g/mol. The van der Waals surface area contributed by atoms with Crippen LogP contribution in [0.4, 0.5) is 5.69 Å². The number of methoxy groups -OCH3 is 1. The molecule has 1 amide bonds. The van der Waals surface area contributed by atoms with Gasteiger partial charge in [-0.2, -0.15) is 0 Å². The van der Waals surface area contributed by atoms with Gasteiger partial charge in [-0.3, -0.25) is 4.79 Å². The molecule has 3 aromatic rings. The Balaban J connectivity index is 1.63. The molecular formula is C21H15NO4. The molecule has 26 heavy (non-hydrogen) atoms. The predicted octanol–water partition coefficient (Wildman–Crippen LogP) is 4.23. The van der Waals surface area contributed by atoms with E-state index in [1.54, 1.807) is 30.3 Å². The van der Waals surface area contributed by atoms with Crippen LogP contribution in [0.15, 0.2) is 65.1 Å². The van der Waals surface area contributed by atoms with Gasteiger partial charge < -0.3 is 14.5 Å². The van der Waals surface area contributed by atoms with Gasteiger partial charge in [0.15, 0.2) is 0 Å². The molecule has 0 atom stereocenters. The molecule has 0 unspecified atom stereocenters. The van der Waals surface area contributed by atoms with Crippen LogP contribution in [0.25, 0.3) is 23.0 Å². The van der Waals surface area contributed by atoms with Crippen molar-refractivity contribution in [2.75, 3.05) is 12.4 Å². The van der Waals surface area contributed by atoms with Gasteiger partial charge >= 0.3 is 5.97 Å². The standard InChI is InChI=1S/C21H15NO4/c1-25-21(24)14-8-6-13(7-9-14)19-11-10-15(26-19)12-17-16-4-2-3-5-18(16)22-20(17)23/h2-12H,1H3,(H,22,23)/b17-12-. The van der Waals surface area contributed by atoms with Crippen molar-refractivity contribution in [2.24, 2.45) is 0 Å². The fourth-order valence-electron chi connectivity index (χ4n) is 2.90. The van der Waals surface area contributed by atoms with Crippen molar-refractivity contribution in [3.05, 3.63) is 77.6 Å². The first kappa shape index (κ1) is 15.9. The van der Waals surface area contributed by atoms with Crippen LogP contribution in [-0.2, 0) is 9.53 Å². The summed E-state index contributed by atoms with van der Waals surface area (Å²) >= 11 is 0. The number of hydrogen-bond donors (Lipinski definition) is 1. The first-order valence-corrected chi connectivity index (χ1v) is 8.07. The van der Waals surface area contributed by atoms with E-state index in [1.807, 2.05) is 36.4 Å². The number of rotatable bonds is 3. The molecule has 0 spiro atoms. The maximum Gasteiger partial charge on any atom is 0.337 e. The Morgan fingerprint density at radius 3 is 2.58 bits per heavy atom.